The lowest BCUT2D eigenvalue weighted by Gasteiger charge is -2.30. The molecule has 1 nitrogen and oxygen atoms in total. The number of benzene rings is 8. The Hall–Kier alpha value is -5.92. The van der Waals surface area contributed by atoms with Gasteiger partial charge in [0, 0.05) is 16.8 Å². The number of nitrogens with zero attached hydrogens (tertiary/aromatic N) is 1. The molecule has 0 spiro atoms. The molecule has 0 aliphatic heterocycles. The van der Waals surface area contributed by atoms with Crippen LogP contribution in [0.5, 0.6) is 0 Å². The van der Waals surface area contributed by atoms with Gasteiger partial charge in [-0.1, -0.05) is 208 Å². The van der Waals surface area contributed by atoms with Gasteiger partial charge in [0.2, 0.25) is 0 Å². The maximum absolute atomic E-state index is 2.48. The first-order valence-electron chi connectivity index (χ1n) is 20.4. The van der Waals surface area contributed by atoms with Gasteiger partial charge in [-0.2, -0.15) is 0 Å². The molecular formula is C56H55N. The largest absolute Gasteiger partial charge is 0.309 e. The summed E-state index contributed by atoms with van der Waals surface area (Å²) in [5, 5.41) is 4.94. The van der Waals surface area contributed by atoms with Gasteiger partial charge in [-0.15, -0.1) is 0 Å². The monoisotopic (exact) mass is 741 g/mol. The first-order valence-corrected chi connectivity index (χ1v) is 20.4. The average Bonchev–Trinajstić information content (AvgIpc) is 3.20. The fourth-order valence-corrected chi connectivity index (χ4v) is 8.14. The molecule has 0 aromatic heterocycles. The summed E-state index contributed by atoms with van der Waals surface area (Å²) < 4.78 is 0. The number of hydrogen-bond donors (Lipinski definition) is 0. The van der Waals surface area contributed by atoms with Crippen LogP contribution in [0.2, 0.25) is 0 Å². The predicted octanol–water partition coefficient (Wildman–Crippen LogP) is 16.4. The van der Waals surface area contributed by atoms with Crippen molar-refractivity contribution in [2.75, 3.05) is 4.90 Å². The first-order chi connectivity index (χ1) is 27.2. The van der Waals surface area contributed by atoms with Gasteiger partial charge in [0.15, 0.2) is 0 Å². The van der Waals surface area contributed by atoms with Gasteiger partial charge in [-0.05, 0) is 101 Å². The van der Waals surface area contributed by atoms with Crippen LogP contribution in [0.25, 0.3) is 54.9 Å². The summed E-state index contributed by atoms with van der Waals surface area (Å²) in [5.74, 6) is 0. The molecule has 57 heavy (non-hydrogen) atoms. The molecule has 0 aliphatic carbocycles. The highest BCUT2D eigenvalue weighted by Crippen LogP contribution is 2.48. The number of hydrogen-bond acceptors (Lipinski definition) is 1. The third-order valence-corrected chi connectivity index (χ3v) is 11.5. The molecule has 284 valence electrons. The zero-order valence-electron chi connectivity index (χ0n) is 35.1. The smallest absolute Gasteiger partial charge is 0.0540 e. The molecule has 0 fully saturated rings. The number of para-hydroxylation sites is 2. The molecule has 0 saturated carbocycles. The second-order valence-electron chi connectivity index (χ2n) is 18.7. The third kappa shape index (κ3) is 7.52. The van der Waals surface area contributed by atoms with Crippen molar-refractivity contribution in [3.05, 3.63) is 187 Å². The minimum absolute atomic E-state index is 0.0108. The summed E-state index contributed by atoms with van der Waals surface area (Å²) in [7, 11) is 0. The van der Waals surface area contributed by atoms with Crippen LogP contribution >= 0.6 is 0 Å². The Bertz CT molecular complexity index is 2690. The summed E-state index contributed by atoms with van der Waals surface area (Å²) >= 11 is 0. The Labute approximate surface area is 340 Å². The normalized spacial score (nSPS) is 12.3. The molecule has 1 heteroatoms. The maximum Gasteiger partial charge on any atom is 0.0540 e. The van der Waals surface area contributed by atoms with Crippen molar-refractivity contribution in [3.8, 4) is 33.4 Å². The Kier molecular flexibility index (Phi) is 9.69. The van der Waals surface area contributed by atoms with Crippen molar-refractivity contribution in [1.82, 2.24) is 0 Å². The zero-order valence-corrected chi connectivity index (χ0v) is 35.1. The maximum atomic E-state index is 2.48. The molecule has 8 aromatic rings. The molecule has 0 N–H and O–H groups in total. The van der Waals surface area contributed by atoms with Crippen LogP contribution in [0.4, 0.5) is 17.1 Å². The first kappa shape index (κ1) is 38.0. The van der Waals surface area contributed by atoms with Gasteiger partial charge in [0.05, 0.1) is 11.4 Å². The third-order valence-electron chi connectivity index (χ3n) is 11.5. The Morgan fingerprint density at radius 3 is 1.42 bits per heavy atom. The molecule has 0 unspecified atom stereocenters. The SMILES string of the molecule is CC(C)(C)c1ccc(-c2ccccc2N(c2ccc3ccccc3c2)c2ccccc2-c2cccc3cccc(-c4cc(C(C)(C)C)cc(C(C)(C)C)c4)c23)cc1. The van der Waals surface area contributed by atoms with E-state index in [1.54, 1.807) is 0 Å². The van der Waals surface area contributed by atoms with Crippen molar-refractivity contribution < 1.29 is 0 Å². The summed E-state index contributed by atoms with van der Waals surface area (Å²) in [6.45, 7) is 20.8. The average molecular weight is 742 g/mol. The van der Waals surface area contributed by atoms with Crippen LogP contribution in [0.15, 0.2) is 170 Å². The fraction of sp³-hybridized carbons (Fsp3) is 0.214. The molecule has 0 bridgehead atoms. The van der Waals surface area contributed by atoms with Crippen molar-refractivity contribution in [3.63, 3.8) is 0 Å². The summed E-state index contributed by atoms with van der Waals surface area (Å²) in [5.41, 5.74) is 14.8. The number of fused-ring (bicyclic) bond motifs is 2. The van der Waals surface area contributed by atoms with E-state index in [2.05, 4.69) is 237 Å². The van der Waals surface area contributed by atoms with Crippen molar-refractivity contribution >= 4 is 38.6 Å². The van der Waals surface area contributed by atoms with Crippen LogP contribution in [0, 0.1) is 0 Å². The van der Waals surface area contributed by atoms with Crippen LogP contribution < -0.4 is 4.90 Å². The minimum atomic E-state index is 0.0108. The van der Waals surface area contributed by atoms with Gasteiger partial charge in [0.25, 0.3) is 0 Å². The highest BCUT2D eigenvalue weighted by atomic mass is 15.1. The number of rotatable bonds is 6. The second kappa shape index (κ2) is 14.5. The molecule has 0 aliphatic rings. The summed E-state index contributed by atoms with van der Waals surface area (Å²) in [6, 6.07) is 63.4. The standard InChI is InChI=1S/C56H55N/c1-54(2,3)43-31-28-39(29-32-43)47-22-12-14-26-51(47)57(46-33-30-38-18-10-11-19-41(38)36-46)52-27-15-13-23-49(52)50-25-17-21-40-20-16-24-48(53(40)50)42-34-44(55(4,5)6)37-45(35-42)56(7,8)9/h10-37H,1-9H3. The molecule has 0 heterocycles. The summed E-state index contributed by atoms with van der Waals surface area (Å²) in [4.78, 5) is 2.48. The topological polar surface area (TPSA) is 3.24 Å². The molecular weight excluding hydrogens is 687 g/mol. The fourth-order valence-electron chi connectivity index (χ4n) is 8.14. The molecule has 0 saturated heterocycles. The zero-order chi connectivity index (χ0) is 40.1. The lowest BCUT2D eigenvalue weighted by atomic mass is 9.78. The van der Waals surface area contributed by atoms with E-state index < -0.39 is 0 Å². The van der Waals surface area contributed by atoms with E-state index >= 15 is 0 Å². The van der Waals surface area contributed by atoms with Gasteiger partial charge in [-0.25, -0.2) is 0 Å². The van der Waals surface area contributed by atoms with Gasteiger partial charge < -0.3 is 4.90 Å². The number of anilines is 3. The van der Waals surface area contributed by atoms with E-state index in [0.717, 1.165) is 17.1 Å². The highest BCUT2D eigenvalue weighted by molar-refractivity contribution is 6.09. The Morgan fingerprint density at radius 1 is 0.316 bits per heavy atom. The van der Waals surface area contributed by atoms with Crippen LogP contribution in [0.1, 0.15) is 79.0 Å². The van der Waals surface area contributed by atoms with Crippen LogP contribution in [-0.2, 0) is 16.2 Å². The predicted molar refractivity (Wildman–Crippen MR) is 249 cm³/mol. The van der Waals surface area contributed by atoms with E-state index in [1.807, 2.05) is 0 Å². The Morgan fingerprint density at radius 2 is 0.807 bits per heavy atom. The van der Waals surface area contributed by atoms with Crippen LogP contribution in [-0.4, -0.2) is 0 Å². The van der Waals surface area contributed by atoms with Gasteiger partial charge in [0.1, 0.15) is 0 Å². The molecule has 0 amide bonds. The van der Waals surface area contributed by atoms with E-state index in [1.165, 1.54) is 71.6 Å². The Balaban J connectivity index is 1.40. The second-order valence-corrected chi connectivity index (χ2v) is 18.7. The van der Waals surface area contributed by atoms with Crippen molar-refractivity contribution in [2.24, 2.45) is 0 Å². The molecule has 8 rings (SSSR count). The summed E-state index contributed by atoms with van der Waals surface area (Å²) in [6.07, 6.45) is 0. The minimum Gasteiger partial charge on any atom is -0.309 e. The van der Waals surface area contributed by atoms with Gasteiger partial charge in [-0.3, -0.25) is 0 Å². The molecule has 0 atom stereocenters. The van der Waals surface area contributed by atoms with Crippen LogP contribution in [0.3, 0.4) is 0 Å². The van der Waals surface area contributed by atoms with Gasteiger partial charge >= 0.3 is 0 Å². The van der Waals surface area contributed by atoms with E-state index in [0.29, 0.717) is 0 Å². The molecule has 8 aromatic carbocycles. The quantitative estimate of drug-likeness (QED) is 0.164. The lowest BCUT2D eigenvalue weighted by molar-refractivity contribution is 0.569. The molecule has 0 radical (unpaired) electrons. The lowest BCUT2D eigenvalue weighted by Crippen LogP contribution is -2.16. The van der Waals surface area contributed by atoms with E-state index in [9.17, 15) is 0 Å². The highest BCUT2D eigenvalue weighted by Gasteiger charge is 2.25. The van der Waals surface area contributed by atoms with Crippen molar-refractivity contribution in [1.29, 1.82) is 0 Å². The van der Waals surface area contributed by atoms with Crippen molar-refractivity contribution in [2.45, 2.75) is 78.6 Å². The van der Waals surface area contributed by atoms with E-state index in [4.69, 9.17) is 0 Å². The van der Waals surface area contributed by atoms with E-state index in [-0.39, 0.29) is 16.2 Å².